The molecule has 0 aromatic heterocycles. The minimum absolute atomic E-state index is 0.112. The van der Waals surface area contributed by atoms with Crippen molar-refractivity contribution < 1.29 is 19.5 Å². The van der Waals surface area contributed by atoms with Crippen molar-refractivity contribution in [2.45, 2.75) is 25.3 Å². The van der Waals surface area contributed by atoms with E-state index in [-0.39, 0.29) is 17.9 Å². The molecule has 0 aliphatic heterocycles. The summed E-state index contributed by atoms with van der Waals surface area (Å²) in [6.45, 7) is 0. The molecule has 0 heterocycles. The molecule has 1 aliphatic carbocycles. The number of carbonyl (C=O) groups is 3. The average Bonchev–Trinajstić information content (AvgIpc) is 2.87. The summed E-state index contributed by atoms with van der Waals surface area (Å²) in [5.74, 6) is -2.00. The van der Waals surface area contributed by atoms with Gasteiger partial charge in [0.25, 0.3) is 5.91 Å². The molecule has 1 aliphatic rings. The molecule has 6 nitrogen and oxygen atoms in total. The largest absolute Gasteiger partial charge is 0.481 e. The number of primary amides is 1. The smallest absolute Gasteiger partial charge is 0.306 e. The number of benzene rings is 1. The van der Waals surface area contributed by atoms with Crippen LogP contribution in [0.4, 0.5) is 0 Å². The lowest BCUT2D eigenvalue weighted by atomic mass is 10.1. The summed E-state index contributed by atoms with van der Waals surface area (Å²) in [6, 6.07) is 5.93. The standard InChI is InChI=1S/C14H16N2O4/c15-12(17)8-1-3-9(4-2-8)13(18)16-11-6-5-10(7-11)14(19)20/h1-4,10-11H,5-7H2,(H2,15,17)(H,16,18)(H,19,20). The fourth-order valence-corrected chi connectivity index (χ4v) is 2.39. The molecular weight excluding hydrogens is 260 g/mol. The van der Waals surface area contributed by atoms with Gasteiger partial charge < -0.3 is 16.2 Å². The lowest BCUT2D eigenvalue weighted by Crippen LogP contribution is -2.33. The first-order valence-electron chi connectivity index (χ1n) is 6.41. The van der Waals surface area contributed by atoms with Crippen molar-refractivity contribution in [1.82, 2.24) is 5.32 Å². The second kappa shape index (κ2) is 5.73. The molecule has 1 aromatic rings. The highest BCUT2D eigenvalue weighted by atomic mass is 16.4. The second-order valence-electron chi connectivity index (χ2n) is 4.96. The molecule has 4 N–H and O–H groups in total. The Morgan fingerprint density at radius 3 is 2.20 bits per heavy atom. The van der Waals surface area contributed by atoms with Crippen LogP contribution in [-0.4, -0.2) is 28.9 Å². The highest BCUT2D eigenvalue weighted by molar-refractivity contribution is 5.97. The molecular formula is C14H16N2O4. The third kappa shape index (κ3) is 3.14. The monoisotopic (exact) mass is 276 g/mol. The van der Waals surface area contributed by atoms with E-state index in [1.165, 1.54) is 24.3 Å². The van der Waals surface area contributed by atoms with Crippen LogP contribution in [0.3, 0.4) is 0 Å². The van der Waals surface area contributed by atoms with E-state index in [2.05, 4.69) is 5.32 Å². The first-order valence-corrected chi connectivity index (χ1v) is 6.41. The molecule has 2 atom stereocenters. The molecule has 2 amide bonds. The maximum absolute atomic E-state index is 12.0. The van der Waals surface area contributed by atoms with Gasteiger partial charge in [-0.1, -0.05) is 0 Å². The zero-order valence-corrected chi connectivity index (χ0v) is 10.8. The number of carbonyl (C=O) groups excluding carboxylic acids is 2. The maximum atomic E-state index is 12.0. The summed E-state index contributed by atoms with van der Waals surface area (Å²) in [7, 11) is 0. The van der Waals surface area contributed by atoms with Crippen LogP contribution in [0.5, 0.6) is 0 Å². The van der Waals surface area contributed by atoms with Crippen LogP contribution in [0.1, 0.15) is 40.0 Å². The minimum atomic E-state index is -0.812. The van der Waals surface area contributed by atoms with Crippen LogP contribution >= 0.6 is 0 Å². The third-order valence-corrected chi connectivity index (χ3v) is 3.55. The fourth-order valence-electron chi connectivity index (χ4n) is 2.39. The molecule has 1 saturated carbocycles. The predicted octanol–water partition coefficient (Wildman–Crippen LogP) is 0.769. The fraction of sp³-hybridized carbons (Fsp3) is 0.357. The first kappa shape index (κ1) is 14.0. The van der Waals surface area contributed by atoms with Crippen molar-refractivity contribution in [2.75, 3.05) is 0 Å². The number of amides is 2. The van der Waals surface area contributed by atoms with Gasteiger partial charge in [-0.05, 0) is 43.5 Å². The van der Waals surface area contributed by atoms with E-state index in [1.54, 1.807) is 0 Å². The number of rotatable bonds is 4. The van der Waals surface area contributed by atoms with E-state index >= 15 is 0 Å². The van der Waals surface area contributed by atoms with E-state index in [0.29, 0.717) is 30.4 Å². The van der Waals surface area contributed by atoms with E-state index in [0.717, 1.165) is 0 Å². The molecule has 2 rings (SSSR count). The van der Waals surface area contributed by atoms with Gasteiger partial charge in [0.2, 0.25) is 5.91 Å². The Hall–Kier alpha value is -2.37. The average molecular weight is 276 g/mol. The van der Waals surface area contributed by atoms with Gasteiger partial charge >= 0.3 is 5.97 Å². The number of hydrogen-bond donors (Lipinski definition) is 3. The Morgan fingerprint density at radius 1 is 1.10 bits per heavy atom. The molecule has 0 radical (unpaired) electrons. The van der Waals surface area contributed by atoms with Crippen LogP contribution in [0.25, 0.3) is 0 Å². The van der Waals surface area contributed by atoms with Crippen LogP contribution in [0.2, 0.25) is 0 Å². The maximum Gasteiger partial charge on any atom is 0.306 e. The number of carboxylic acid groups (broad SMARTS) is 1. The zero-order chi connectivity index (χ0) is 14.7. The highest BCUT2D eigenvalue weighted by Gasteiger charge is 2.30. The number of carboxylic acids is 1. The minimum Gasteiger partial charge on any atom is -0.481 e. The number of nitrogens with two attached hydrogens (primary N) is 1. The van der Waals surface area contributed by atoms with Crippen molar-refractivity contribution in [3.05, 3.63) is 35.4 Å². The van der Waals surface area contributed by atoms with E-state index in [4.69, 9.17) is 10.8 Å². The topological polar surface area (TPSA) is 109 Å². The van der Waals surface area contributed by atoms with Crippen LogP contribution in [-0.2, 0) is 4.79 Å². The Kier molecular flexibility index (Phi) is 4.02. The summed E-state index contributed by atoms with van der Waals surface area (Å²) >= 11 is 0. The van der Waals surface area contributed by atoms with Crippen molar-refractivity contribution in [3.63, 3.8) is 0 Å². The van der Waals surface area contributed by atoms with Crippen molar-refractivity contribution >= 4 is 17.8 Å². The number of hydrogen-bond acceptors (Lipinski definition) is 3. The summed E-state index contributed by atoms with van der Waals surface area (Å²) in [4.78, 5) is 33.8. The summed E-state index contributed by atoms with van der Waals surface area (Å²) in [6.07, 6.45) is 1.71. The normalized spacial score (nSPS) is 21.4. The molecule has 1 aromatic carbocycles. The third-order valence-electron chi connectivity index (χ3n) is 3.55. The zero-order valence-electron chi connectivity index (χ0n) is 10.8. The Labute approximate surface area is 116 Å². The van der Waals surface area contributed by atoms with E-state index in [1.807, 2.05) is 0 Å². The molecule has 1 fully saturated rings. The Balaban J connectivity index is 1.95. The molecule has 0 bridgehead atoms. The molecule has 2 unspecified atom stereocenters. The molecule has 6 heteroatoms. The van der Waals surface area contributed by atoms with Gasteiger partial charge in [-0.25, -0.2) is 0 Å². The lowest BCUT2D eigenvalue weighted by molar-refractivity contribution is -0.141. The van der Waals surface area contributed by atoms with Crippen LogP contribution in [0.15, 0.2) is 24.3 Å². The lowest BCUT2D eigenvalue weighted by Gasteiger charge is -2.12. The van der Waals surface area contributed by atoms with Gasteiger partial charge in [-0.3, -0.25) is 14.4 Å². The van der Waals surface area contributed by atoms with Crippen LogP contribution < -0.4 is 11.1 Å². The summed E-state index contributed by atoms with van der Waals surface area (Å²) in [5, 5.41) is 11.7. The highest BCUT2D eigenvalue weighted by Crippen LogP contribution is 2.25. The second-order valence-corrected chi connectivity index (χ2v) is 4.96. The number of aliphatic carboxylic acids is 1. The van der Waals surface area contributed by atoms with Gasteiger partial charge in [0.05, 0.1) is 5.92 Å². The van der Waals surface area contributed by atoms with Crippen molar-refractivity contribution in [2.24, 2.45) is 11.7 Å². The first-order chi connectivity index (χ1) is 9.47. The van der Waals surface area contributed by atoms with Gasteiger partial charge in [-0.2, -0.15) is 0 Å². The summed E-state index contributed by atoms with van der Waals surface area (Å²) in [5.41, 5.74) is 5.89. The Bertz CT molecular complexity index is 539. The molecule has 0 saturated heterocycles. The SMILES string of the molecule is NC(=O)c1ccc(C(=O)NC2CCC(C(=O)O)C2)cc1. The molecule has 20 heavy (non-hydrogen) atoms. The summed E-state index contributed by atoms with van der Waals surface area (Å²) < 4.78 is 0. The van der Waals surface area contributed by atoms with Crippen molar-refractivity contribution in [3.8, 4) is 0 Å². The van der Waals surface area contributed by atoms with Gasteiger partial charge in [0, 0.05) is 17.2 Å². The van der Waals surface area contributed by atoms with Gasteiger partial charge in [0.15, 0.2) is 0 Å². The number of nitrogens with one attached hydrogen (secondary N) is 1. The van der Waals surface area contributed by atoms with E-state index < -0.39 is 11.9 Å². The quantitative estimate of drug-likeness (QED) is 0.754. The molecule has 106 valence electrons. The van der Waals surface area contributed by atoms with Gasteiger partial charge in [-0.15, -0.1) is 0 Å². The van der Waals surface area contributed by atoms with Gasteiger partial charge in [0.1, 0.15) is 0 Å². The molecule has 0 spiro atoms. The predicted molar refractivity (Wildman–Crippen MR) is 71.2 cm³/mol. The van der Waals surface area contributed by atoms with Crippen LogP contribution in [0, 0.1) is 5.92 Å². The van der Waals surface area contributed by atoms with Crippen molar-refractivity contribution in [1.29, 1.82) is 0 Å². The Morgan fingerprint density at radius 2 is 1.70 bits per heavy atom. The van der Waals surface area contributed by atoms with E-state index in [9.17, 15) is 14.4 Å².